The lowest BCUT2D eigenvalue weighted by atomic mass is 10.4. The third-order valence-corrected chi connectivity index (χ3v) is 2.35. The Bertz CT molecular complexity index is 361. The van der Waals surface area contributed by atoms with Crippen LogP contribution >= 0.6 is 0 Å². The summed E-state index contributed by atoms with van der Waals surface area (Å²) in [6, 6.07) is 0. The lowest BCUT2D eigenvalue weighted by Crippen LogP contribution is -2.33. The summed E-state index contributed by atoms with van der Waals surface area (Å²) in [7, 11) is 5.69. The van der Waals surface area contributed by atoms with Gasteiger partial charge in [-0.25, -0.2) is 0 Å². The Morgan fingerprint density at radius 3 is 2.71 bits per heavy atom. The van der Waals surface area contributed by atoms with Crippen LogP contribution < -0.4 is 5.73 Å². The van der Waals surface area contributed by atoms with E-state index in [0.717, 1.165) is 6.54 Å². The van der Waals surface area contributed by atoms with Crippen molar-refractivity contribution >= 4 is 5.91 Å². The van der Waals surface area contributed by atoms with E-state index in [-0.39, 0.29) is 5.91 Å². The number of aromatic nitrogens is 3. The molecule has 2 N–H and O–H groups in total. The number of likely N-dealkylation sites (N-methyl/N-ethyl adjacent to an activating group) is 2. The Labute approximate surface area is 101 Å². The Morgan fingerprint density at radius 1 is 1.41 bits per heavy atom. The van der Waals surface area contributed by atoms with Crippen LogP contribution in [-0.4, -0.2) is 71.5 Å². The molecule has 7 nitrogen and oxygen atoms in total. The molecule has 0 fully saturated rings. The summed E-state index contributed by atoms with van der Waals surface area (Å²) in [5.74, 6) is -0.116. The Balaban J connectivity index is 2.55. The SMILES string of the molecule is CN(C)CCN(C)C(=O)c1cn(CCN)nn1. The first-order valence-electron chi connectivity index (χ1n) is 5.55. The van der Waals surface area contributed by atoms with Crippen LogP contribution in [0.4, 0.5) is 0 Å². The van der Waals surface area contributed by atoms with Gasteiger partial charge in [-0.2, -0.15) is 0 Å². The van der Waals surface area contributed by atoms with Crippen LogP contribution in [0.25, 0.3) is 0 Å². The zero-order valence-electron chi connectivity index (χ0n) is 10.6. The molecule has 0 saturated heterocycles. The smallest absolute Gasteiger partial charge is 0.275 e. The molecule has 0 aliphatic carbocycles. The highest BCUT2D eigenvalue weighted by Crippen LogP contribution is 1.98. The minimum absolute atomic E-state index is 0.116. The monoisotopic (exact) mass is 240 g/mol. The van der Waals surface area contributed by atoms with E-state index in [9.17, 15) is 4.79 Å². The summed E-state index contributed by atoms with van der Waals surface area (Å²) in [4.78, 5) is 15.6. The van der Waals surface area contributed by atoms with Gasteiger partial charge in [-0.1, -0.05) is 5.21 Å². The van der Waals surface area contributed by atoms with Gasteiger partial charge in [-0.3, -0.25) is 9.48 Å². The average molecular weight is 240 g/mol. The van der Waals surface area contributed by atoms with Gasteiger partial charge in [-0.15, -0.1) is 5.10 Å². The number of carbonyl (C=O) groups is 1. The van der Waals surface area contributed by atoms with E-state index in [1.165, 1.54) is 0 Å². The molecule has 0 atom stereocenters. The quantitative estimate of drug-likeness (QED) is 0.680. The van der Waals surface area contributed by atoms with Crippen LogP contribution in [-0.2, 0) is 6.54 Å². The van der Waals surface area contributed by atoms with Gasteiger partial charge in [0.2, 0.25) is 0 Å². The fourth-order valence-corrected chi connectivity index (χ4v) is 1.29. The van der Waals surface area contributed by atoms with Crippen LogP contribution in [0.2, 0.25) is 0 Å². The first-order chi connectivity index (χ1) is 8.04. The van der Waals surface area contributed by atoms with Crippen LogP contribution in [0.1, 0.15) is 10.5 Å². The lowest BCUT2D eigenvalue weighted by molar-refractivity contribution is 0.0780. The van der Waals surface area contributed by atoms with Gasteiger partial charge in [0, 0.05) is 26.7 Å². The minimum atomic E-state index is -0.116. The maximum absolute atomic E-state index is 11.9. The highest BCUT2D eigenvalue weighted by molar-refractivity contribution is 5.91. The molecule has 0 aliphatic rings. The molecule has 1 amide bonds. The molecular weight excluding hydrogens is 220 g/mol. The topological polar surface area (TPSA) is 80.3 Å². The highest BCUT2D eigenvalue weighted by atomic mass is 16.2. The van der Waals surface area contributed by atoms with Crippen molar-refractivity contribution in [1.82, 2.24) is 24.8 Å². The van der Waals surface area contributed by atoms with Crippen molar-refractivity contribution in [3.05, 3.63) is 11.9 Å². The lowest BCUT2D eigenvalue weighted by Gasteiger charge is -2.18. The zero-order valence-corrected chi connectivity index (χ0v) is 10.6. The van der Waals surface area contributed by atoms with E-state index in [4.69, 9.17) is 5.73 Å². The van der Waals surface area contributed by atoms with Gasteiger partial charge >= 0.3 is 0 Å². The second-order valence-electron chi connectivity index (χ2n) is 4.19. The number of nitrogens with two attached hydrogens (primary N) is 1. The fraction of sp³-hybridized carbons (Fsp3) is 0.700. The molecule has 17 heavy (non-hydrogen) atoms. The molecule has 1 aromatic rings. The molecule has 0 spiro atoms. The molecule has 1 aromatic heterocycles. The average Bonchev–Trinajstić information content (AvgIpc) is 2.74. The van der Waals surface area contributed by atoms with Crippen LogP contribution in [0.3, 0.4) is 0 Å². The van der Waals surface area contributed by atoms with Crippen molar-refractivity contribution < 1.29 is 4.79 Å². The first-order valence-corrected chi connectivity index (χ1v) is 5.55. The predicted molar refractivity (Wildman–Crippen MR) is 64.6 cm³/mol. The van der Waals surface area contributed by atoms with Crippen molar-refractivity contribution in [3.63, 3.8) is 0 Å². The molecule has 7 heteroatoms. The van der Waals surface area contributed by atoms with Crippen LogP contribution in [0.5, 0.6) is 0 Å². The number of carbonyl (C=O) groups excluding carboxylic acids is 1. The molecule has 1 heterocycles. The van der Waals surface area contributed by atoms with Crippen molar-refractivity contribution in [1.29, 1.82) is 0 Å². The summed E-state index contributed by atoms with van der Waals surface area (Å²) in [6.07, 6.45) is 1.63. The molecule has 0 unspecified atom stereocenters. The van der Waals surface area contributed by atoms with Gasteiger partial charge < -0.3 is 15.5 Å². The number of hydrogen-bond donors (Lipinski definition) is 1. The second-order valence-corrected chi connectivity index (χ2v) is 4.19. The third-order valence-electron chi connectivity index (χ3n) is 2.35. The molecule has 0 saturated carbocycles. The van der Waals surface area contributed by atoms with Gasteiger partial charge in [0.05, 0.1) is 12.7 Å². The molecule has 0 aliphatic heterocycles. The highest BCUT2D eigenvalue weighted by Gasteiger charge is 2.15. The van der Waals surface area contributed by atoms with E-state index in [2.05, 4.69) is 10.3 Å². The molecule has 0 bridgehead atoms. The van der Waals surface area contributed by atoms with E-state index in [1.54, 1.807) is 22.8 Å². The Kier molecular flexibility index (Phi) is 5.05. The molecule has 0 aromatic carbocycles. The third kappa shape index (κ3) is 4.12. The summed E-state index contributed by atoms with van der Waals surface area (Å²) in [6.45, 7) is 2.53. The van der Waals surface area contributed by atoms with Crippen molar-refractivity contribution in [2.45, 2.75) is 6.54 Å². The fourth-order valence-electron chi connectivity index (χ4n) is 1.29. The maximum Gasteiger partial charge on any atom is 0.275 e. The van der Waals surface area contributed by atoms with Crippen LogP contribution in [0, 0.1) is 0 Å². The Hall–Kier alpha value is -1.47. The van der Waals surface area contributed by atoms with Gasteiger partial charge in [0.1, 0.15) is 0 Å². The van der Waals surface area contributed by atoms with Crippen molar-refractivity contribution in [2.24, 2.45) is 5.73 Å². The summed E-state index contributed by atoms with van der Waals surface area (Å²) in [5, 5.41) is 7.67. The molecule has 1 rings (SSSR count). The second kappa shape index (κ2) is 6.31. The number of nitrogens with zero attached hydrogens (tertiary/aromatic N) is 5. The first kappa shape index (κ1) is 13.6. The molecule has 0 radical (unpaired) electrons. The van der Waals surface area contributed by atoms with E-state index in [0.29, 0.717) is 25.3 Å². The summed E-state index contributed by atoms with van der Waals surface area (Å²) < 4.78 is 1.58. The van der Waals surface area contributed by atoms with E-state index < -0.39 is 0 Å². The van der Waals surface area contributed by atoms with E-state index >= 15 is 0 Å². The number of rotatable bonds is 6. The van der Waals surface area contributed by atoms with Gasteiger partial charge in [0.25, 0.3) is 5.91 Å². The summed E-state index contributed by atoms with van der Waals surface area (Å²) in [5.41, 5.74) is 5.76. The van der Waals surface area contributed by atoms with Crippen LogP contribution in [0.15, 0.2) is 6.20 Å². The van der Waals surface area contributed by atoms with Crippen molar-refractivity contribution in [3.8, 4) is 0 Å². The van der Waals surface area contributed by atoms with E-state index in [1.807, 2.05) is 19.0 Å². The predicted octanol–water partition coefficient (Wildman–Crippen LogP) is -1.13. The standard InChI is InChI=1S/C10H20N6O/c1-14(2)6-7-15(3)10(17)9-8-16(5-4-11)13-12-9/h8H,4-7,11H2,1-3H3. The molecular formula is C10H20N6O. The number of amides is 1. The zero-order chi connectivity index (χ0) is 12.8. The molecule has 96 valence electrons. The normalized spacial score (nSPS) is 10.9. The van der Waals surface area contributed by atoms with Gasteiger partial charge in [0.15, 0.2) is 5.69 Å². The van der Waals surface area contributed by atoms with Crippen molar-refractivity contribution in [2.75, 3.05) is 40.8 Å². The minimum Gasteiger partial charge on any atom is -0.339 e. The van der Waals surface area contributed by atoms with Gasteiger partial charge in [-0.05, 0) is 14.1 Å². The maximum atomic E-state index is 11.9. The number of hydrogen-bond acceptors (Lipinski definition) is 5. The summed E-state index contributed by atoms with van der Waals surface area (Å²) >= 11 is 0. The largest absolute Gasteiger partial charge is 0.339 e. The Morgan fingerprint density at radius 2 is 2.12 bits per heavy atom.